The van der Waals surface area contributed by atoms with Crippen molar-refractivity contribution in [3.63, 3.8) is 0 Å². The van der Waals surface area contributed by atoms with Gasteiger partial charge in [-0.1, -0.05) is 0 Å². The third-order valence-electron chi connectivity index (χ3n) is 3.17. The summed E-state index contributed by atoms with van der Waals surface area (Å²) in [5.41, 5.74) is 1.96. The first-order valence-corrected chi connectivity index (χ1v) is 7.71. The molecule has 3 N–H and O–H groups in total. The number of aryl methyl sites for hydroxylation is 2. The normalized spacial score (nSPS) is 17.7. The molecule has 18 heavy (non-hydrogen) atoms. The van der Waals surface area contributed by atoms with E-state index < -0.39 is 15.3 Å². The van der Waals surface area contributed by atoms with Gasteiger partial charge >= 0.3 is 0 Å². The summed E-state index contributed by atoms with van der Waals surface area (Å²) in [6.07, 6.45) is 2.31. The van der Waals surface area contributed by atoms with E-state index in [-0.39, 0.29) is 0 Å². The van der Waals surface area contributed by atoms with Gasteiger partial charge in [0.15, 0.2) is 0 Å². The Morgan fingerprint density at radius 1 is 1.44 bits per heavy atom. The van der Waals surface area contributed by atoms with E-state index in [9.17, 15) is 8.42 Å². The van der Waals surface area contributed by atoms with Crippen LogP contribution in [0.1, 0.15) is 31.2 Å². The second-order valence-electron chi connectivity index (χ2n) is 4.95. The fourth-order valence-corrected chi connectivity index (χ4v) is 2.78. The van der Waals surface area contributed by atoms with Gasteiger partial charge in [0.2, 0.25) is 10.0 Å². The van der Waals surface area contributed by atoms with Crippen LogP contribution in [0.5, 0.6) is 0 Å². The Labute approximate surface area is 108 Å². The van der Waals surface area contributed by atoms with Crippen molar-refractivity contribution in [1.82, 2.24) is 15.5 Å². The lowest BCUT2D eigenvalue weighted by atomic mass is 10.3. The standard InChI is InChI=1S/C11H20N4O2S/c1-7(6-12-10-4-5-10)18(16,17)15-11-8(2)13-14-9(11)3/h7,10,12,15H,4-6H2,1-3H3,(H,13,14). The molecule has 1 unspecified atom stereocenters. The maximum Gasteiger partial charge on any atom is 0.236 e. The third kappa shape index (κ3) is 3.02. The van der Waals surface area contributed by atoms with Crippen LogP contribution in [0.15, 0.2) is 0 Å². The van der Waals surface area contributed by atoms with Crippen LogP contribution in [0.4, 0.5) is 5.69 Å². The second kappa shape index (κ2) is 4.89. The zero-order valence-electron chi connectivity index (χ0n) is 10.9. The molecule has 1 aromatic heterocycles. The van der Waals surface area contributed by atoms with Crippen molar-refractivity contribution in [2.75, 3.05) is 11.3 Å². The average Bonchev–Trinajstić information content (AvgIpc) is 3.08. The van der Waals surface area contributed by atoms with Crippen LogP contribution < -0.4 is 10.0 Å². The molecule has 0 aromatic carbocycles. The Morgan fingerprint density at radius 3 is 2.61 bits per heavy atom. The maximum atomic E-state index is 12.1. The molecule has 0 saturated heterocycles. The van der Waals surface area contributed by atoms with Gasteiger partial charge in [0.1, 0.15) is 0 Å². The second-order valence-corrected chi connectivity index (χ2v) is 7.05. The molecule has 1 fully saturated rings. The zero-order valence-corrected chi connectivity index (χ0v) is 11.8. The highest BCUT2D eigenvalue weighted by Gasteiger charge is 2.26. The minimum atomic E-state index is -3.37. The van der Waals surface area contributed by atoms with Gasteiger partial charge in [0, 0.05) is 12.6 Å². The van der Waals surface area contributed by atoms with Gasteiger partial charge < -0.3 is 5.32 Å². The number of H-pyrrole nitrogens is 1. The number of nitrogens with zero attached hydrogens (tertiary/aromatic N) is 1. The van der Waals surface area contributed by atoms with E-state index in [1.54, 1.807) is 20.8 Å². The van der Waals surface area contributed by atoms with Gasteiger partial charge in [0.05, 0.1) is 22.3 Å². The van der Waals surface area contributed by atoms with Crippen LogP contribution in [0, 0.1) is 13.8 Å². The summed E-state index contributed by atoms with van der Waals surface area (Å²) < 4.78 is 26.9. The summed E-state index contributed by atoms with van der Waals surface area (Å²) in [5.74, 6) is 0. The summed E-state index contributed by atoms with van der Waals surface area (Å²) in [5, 5.41) is 9.51. The van der Waals surface area contributed by atoms with Gasteiger partial charge in [-0.3, -0.25) is 9.82 Å². The SMILES string of the molecule is Cc1n[nH]c(C)c1NS(=O)(=O)C(C)CNC1CC1. The van der Waals surface area contributed by atoms with Gasteiger partial charge in [-0.2, -0.15) is 5.10 Å². The van der Waals surface area contributed by atoms with Gasteiger partial charge in [-0.05, 0) is 33.6 Å². The van der Waals surface area contributed by atoms with Crippen LogP contribution in [-0.2, 0) is 10.0 Å². The first-order valence-electron chi connectivity index (χ1n) is 6.16. The Bertz CT molecular complexity index is 500. The number of hydrogen-bond acceptors (Lipinski definition) is 4. The number of aromatic nitrogens is 2. The number of sulfonamides is 1. The molecular weight excluding hydrogens is 252 g/mol. The predicted octanol–water partition coefficient (Wildman–Crippen LogP) is 0.909. The highest BCUT2D eigenvalue weighted by Crippen LogP contribution is 2.21. The Hall–Kier alpha value is -1.08. The summed E-state index contributed by atoms with van der Waals surface area (Å²) in [7, 11) is -3.37. The van der Waals surface area contributed by atoms with E-state index in [1.807, 2.05) is 0 Å². The Balaban J connectivity index is 2.01. The molecule has 1 aliphatic rings. The van der Waals surface area contributed by atoms with E-state index in [4.69, 9.17) is 0 Å². The number of rotatable bonds is 6. The first kappa shape index (κ1) is 13.4. The van der Waals surface area contributed by atoms with Gasteiger partial charge in [0.25, 0.3) is 0 Å². The van der Waals surface area contributed by atoms with Crippen molar-refractivity contribution in [3.8, 4) is 0 Å². The summed E-state index contributed by atoms with van der Waals surface area (Å²) >= 11 is 0. The molecule has 0 spiro atoms. The average molecular weight is 272 g/mol. The number of aromatic amines is 1. The molecule has 1 aromatic rings. The fraction of sp³-hybridized carbons (Fsp3) is 0.727. The summed E-state index contributed by atoms with van der Waals surface area (Å²) in [4.78, 5) is 0. The Morgan fingerprint density at radius 2 is 2.11 bits per heavy atom. The molecule has 0 radical (unpaired) electrons. The first-order chi connectivity index (χ1) is 8.40. The highest BCUT2D eigenvalue weighted by atomic mass is 32.2. The van der Waals surface area contributed by atoms with E-state index in [2.05, 4.69) is 20.2 Å². The van der Waals surface area contributed by atoms with Crippen molar-refractivity contribution in [1.29, 1.82) is 0 Å². The van der Waals surface area contributed by atoms with Crippen molar-refractivity contribution >= 4 is 15.7 Å². The van der Waals surface area contributed by atoms with Crippen molar-refractivity contribution in [2.45, 2.75) is 44.9 Å². The van der Waals surface area contributed by atoms with Crippen LogP contribution in [-0.4, -0.2) is 36.5 Å². The highest BCUT2D eigenvalue weighted by molar-refractivity contribution is 7.93. The number of anilines is 1. The largest absolute Gasteiger partial charge is 0.313 e. The molecule has 1 saturated carbocycles. The Kier molecular flexibility index (Phi) is 3.63. The third-order valence-corrected chi connectivity index (χ3v) is 4.89. The van der Waals surface area contributed by atoms with Gasteiger partial charge in [-0.25, -0.2) is 8.42 Å². The van der Waals surface area contributed by atoms with Crippen LogP contribution in [0.3, 0.4) is 0 Å². The molecule has 6 nitrogen and oxygen atoms in total. The summed E-state index contributed by atoms with van der Waals surface area (Å²) in [6, 6.07) is 0.514. The predicted molar refractivity (Wildman–Crippen MR) is 71.1 cm³/mol. The van der Waals surface area contributed by atoms with E-state index in [0.29, 0.717) is 24.0 Å². The molecule has 102 valence electrons. The van der Waals surface area contributed by atoms with Crippen LogP contribution in [0.25, 0.3) is 0 Å². The lowest BCUT2D eigenvalue weighted by molar-refractivity contribution is 0.576. The lowest BCUT2D eigenvalue weighted by Gasteiger charge is -2.15. The number of hydrogen-bond donors (Lipinski definition) is 3. The van der Waals surface area contributed by atoms with E-state index >= 15 is 0 Å². The molecule has 7 heteroatoms. The smallest absolute Gasteiger partial charge is 0.236 e. The van der Waals surface area contributed by atoms with Gasteiger partial charge in [-0.15, -0.1) is 0 Å². The monoisotopic (exact) mass is 272 g/mol. The topological polar surface area (TPSA) is 86.9 Å². The minimum absolute atomic E-state index is 0.466. The molecule has 2 rings (SSSR count). The molecule has 1 atom stereocenters. The van der Waals surface area contributed by atoms with Crippen LogP contribution in [0.2, 0.25) is 0 Å². The maximum absolute atomic E-state index is 12.1. The molecule has 1 heterocycles. The summed E-state index contributed by atoms with van der Waals surface area (Å²) in [6.45, 7) is 5.76. The molecular formula is C11H20N4O2S. The molecule has 1 aliphatic carbocycles. The van der Waals surface area contributed by atoms with Crippen molar-refractivity contribution in [3.05, 3.63) is 11.4 Å². The minimum Gasteiger partial charge on any atom is -0.313 e. The van der Waals surface area contributed by atoms with Crippen molar-refractivity contribution in [2.24, 2.45) is 0 Å². The quantitative estimate of drug-likeness (QED) is 0.718. The van der Waals surface area contributed by atoms with E-state index in [1.165, 1.54) is 0 Å². The molecule has 0 amide bonds. The zero-order chi connectivity index (χ0) is 13.3. The van der Waals surface area contributed by atoms with Crippen molar-refractivity contribution < 1.29 is 8.42 Å². The number of nitrogens with one attached hydrogen (secondary N) is 3. The molecule has 0 bridgehead atoms. The lowest BCUT2D eigenvalue weighted by Crippen LogP contribution is -2.35. The fourth-order valence-electron chi connectivity index (χ4n) is 1.67. The van der Waals surface area contributed by atoms with Crippen LogP contribution >= 0.6 is 0 Å². The van der Waals surface area contributed by atoms with E-state index in [0.717, 1.165) is 18.5 Å². The molecule has 0 aliphatic heterocycles.